The van der Waals surface area contributed by atoms with Gasteiger partial charge in [0.1, 0.15) is 0 Å². The summed E-state index contributed by atoms with van der Waals surface area (Å²) in [4.78, 5) is 1.40. The number of rotatable bonds is 10. The topological polar surface area (TPSA) is 4.93 Å². The molecule has 0 radical (unpaired) electrons. The molecule has 67 heavy (non-hydrogen) atoms. The van der Waals surface area contributed by atoms with Crippen LogP contribution in [0.5, 0.6) is 0 Å². The zero-order valence-electron chi connectivity index (χ0n) is 47.8. The van der Waals surface area contributed by atoms with Gasteiger partial charge in [0.15, 0.2) is 0 Å². The number of aromatic nitrogens is 1. The van der Waals surface area contributed by atoms with Gasteiger partial charge < -0.3 is 0 Å². The van der Waals surface area contributed by atoms with Gasteiger partial charge in [0.05, 0.1) is 13.2 Å². The molecule has 1 nitrogen and oxygen atoms in total. The minimum atomic E-state index is 0.306. The van der Waals surface area contributed by atoms with Crippen LogP contribution >= 0.6 is 11.5 Å². The van der Waals surface area contributed by atoms with E-state index in [2.05, 4.69) is 180 Å². The Kier molecular flexibility index (Phi) is 45.9. The number of alkyl halides is 1. The Morgan fingerprint density at radius 3 is 1.70 bits per heavy atom. The standard InChI is InChI=1S/C14H19NS.C14H22.C14H20.C7H14.C6H12.C4H8.2C2H6.CH3F/c1-4-6-14(15-10-12(3)16-15)13-8-5-7-11(2)9-13;1-12(13-8-4-2-5-9-13)14-10-6-3-7-11-14;1-12(2)13(3)8-7-11-14-9-5-4-6-10-14;1-6(2)7(3,4)5;1-5-6(2,3)4;1-3-4-2;3*1-2/h4,6,8-10,14H,5,7H2,1-3H3;8,14H,1-7,9-11H2;4-6,9-10,13H,1,7-8,11H2,2-3H3;1H2,2-5H3;5H,1H2,2-4H3;3-4H,1-2H3;2*1-2H3;1H3/b6-4-;;;;;4-3-;;;. The van der Waals surface area contributed by atoms with Crippen LogP contribution in [-0.4, -0.2) is 11.1 Å². The quantitative estimate of drug-likeness (QED) is 0.209. The second-order valence-corrected chi connectivity index (χ2v) is 20.9. The number of hydrogen-bond acceptors (Lipinski definition) is 1. The first-order chi connectivity index (χ1) is 31.7. The molecule has 0 saturated heterocycles. The lowest BCUT2D eigenvalue weighted by molar-refractivity contribution is 0.404. The van der Waals surface area contributed by atoms with Gasteiger partial charge in [-0.15, -0.1) is 6.58 Å². The number of hydrogen-bond donors (Lipinski definition) is 0. The lowest BCUT2D eigenvalue weighted by Gasteiger charge is -2.26. The highest BCUT2D eigenvalue weighted by atomic mass is 32.1. The molecule has 1 fully saturated rings. The van der Waals surface area contributed by atoms with E-state index in [1.807, 2.05) is 71.3 Å². The van der Waals surface area contributed by atoms with Gasteiger partial charge in [0, 0.05) is 11.1 Å². The summed E-state index contributed by atoms with van der Waals surface area (Å²) >= 11 is 1.84. The van der Waals surface area contributed by atoms with E-state index in [9.17, 15) is 4.39 Å². The molecule has 3 heteroatoms. The molecular formula is C64H110FNS. The van der Waals surface area contributed by atoms with Crippen molar-refractivity contribution in [2.45, 2.75) is 221 Å². The molecule has 5 rings (SSSR count). The molecule has 3 aliphatic carbocycles. The van der Waals surface area contributed by atoms with E-state index in [1.54, 1.807) is 5.57 Å². The van der Waals surface area contributed by atoms with Gasteiger partial charge in [0.25, 0.3) is 0 Å². The fourth-order valence-corrected chi connectivity index (χ4v) is 7.29. The van der Waals surface area contributed by atoms with Gasteiger partial charge in [0.2, 0.25) is 0 Å². The SMILES string of the molecule is C/C=C\C.C/C=C\C(C1=CCCC(C)=C1)n1cc(C)s1.C=C(C)C(C)(C)C.C=C(C)C(C)CCCc1ccccc1.C=C(C1=CCCCC1)C1CCCCC1.C=CC(C)(C)C.CC.CC.CF. The molecule has 0 amide bonds. The summed E-state index contributed by atoms with van der Waals surface area (Å²) < 4.78 is 11.8. The summed E-state index contributed by atoms with van der Waals surface area (Å²) in [5.74, 6) is 1.49. The monoisotopic (exact) mass is 944 g/mol. The van der Waals surface area contributed by atoms with Crippen LogP contribution < -0.4 is 0 Å². The van der Waals surface area contributed by atoms with Crippen LogP contribution in [0, 0.1) is 29.6 Å². The van der Waals surface area contributed by atoms with Crippen LogP contribution in [0.15, 0.2) is 145 Å². The largest absolute Gasteiger partial charge is 0.293 e. The maximum atomic E-state index is 9.50. The van der Waals surface area contributed by atoms with Crippen molar-refractivity contribution in [2.75, 3.05) is 7.18 Å². The Bertz CT molecular complexity index is 1650. The van der Waals surface area contributed by atoms with Crippen molar-refractivity contribution in [3.05, 3.63) is 155 Å². The number of aryl methyl sites for hydroxylation is 2. The molecule has 1 aromatic carbocycles. The van der Waals surface area contributed by atoms with E-state index < -0.39 is 0 Å². The van der Waals surface area contributed by atoms with Crippen LogP contribution in [-0.2, 0) is 6.42 Å². The Morgan fingerprint density at radius 2 is 1.31 bits per heavy atom. The fourth-order valence-electron chi connectivity index (χ4n) is 6.44. The van der Waals surface area contributed by atoms with E-state index in [0.29, 0.717) is 30.0 Å². The van der Waals surface area contributed by atoms with E-state index in [4.69, 9.17) is 0 Å². The number of benzene rings is 1. The first-order valence-corrected chi connectivity index (χ1v) is 26.9. The third-order valence-electron chi connectivity index (χ3n) is 11.7. The minimum absolute atomic E-state index is 0.306. The van der Waals surface area contributed by atoms with E-state index >= 15 is 0 Å². The van der Waals surface area contributed by atoms with Crippen LogP contribution in [0.1, 0.15) is 218 Å². The summed E-state index contributed by atoms with van der Waals surface area (Å²) in [6.07, 6.45) is 38.3. The lowest BCUT2D eigenvalue weighted by Crippen LogP contribution is -2.11. The van der Waals surface area contributed by atoms with Crippen LogP contribution in [0.4, 0.5) is 4.39 Å². The molecule has 0 spiro atoms. The summed E-state index contributed by atoms with van der Waals surface area (Å²) in [5, 5.41) is 0. The fraction of sp³-hybridized carbons (Fsp3) is 0.594. The molecule has 1 heterocycles. The Labute approximate surface area is 423 Å². The summed E-state index contributed by atoms with van der Waals surface area (Å²) in [5.41, 5.74) is 10.6. The maximum absolute atomic E-state index is 9.50. The molecule has 2 unspecified atom stereocenters. The van der Waals surface area contributed by atoms with Gasteiger partial charge in [-0.1, -0.05) is 222 Å². The molecule has 0 N–H and O–H groups in total. The summed E-state index contributed by atoms with van der Waals surface area (Å²) in [7, 11) is 0.500. The highest BCUT2D eigenvalue weighted by Crippen LogP contribution is 2.36. The zero-order valence-corrected chi connectivity index (χ0v) is 48.6. The van der Waals surface area contributed by atoms with Crippen LogP contribution in [0.3, 0.4) is 0 Å². The van der Waals surface area contributed by atoms with Crippen LogP contribution in [0.2, 0.25) is 0 Å². The molecule has 2 atom stereocenters. The molecule has 1 aromatic heterocycles. The van der Waals surface area contributed by atoms with Gasteiger partial charge >= 0.3 is 0 Å². The highest BCUT2D eigenvalue weighted by Gasteiger charge is 2.20. The molecule has 1 saturated carbocycles. The van der Waals surface area contributed by atoms with Gasteiger partial charge in [-0.05, 0) is 164 Å². The van der Waals surface area contributed by atoms with Crippen molar-refractivity contribution in [2.24, 2.45) is 22.7 Å². The highest BCUT2D eigenvalue weighted by molar-refractivity contribution is 7.07. The van der Waals surface area contributed by atoms with Gasteiger partial charge in [-0.2, -0.15) is 0 Å². The predicted molar refractivity (Wildman–Crippen MR) is 312 cm³/mol. The van der Waals surface area contributed by atoms with Crippen molar-refractivity contribution in [1.29, 1.82) is 0 Å². The van der Waals surface area contributed by atoms with Crippen molar-refractivity contribution in [1.82, 2.24) is 3.96 Å². The third kappa shape index (κ3) is 38.1. The number of allylic oxidation sites excluding steroid dienone is 14. The summed E-state index contributed by atoms with van der Waals surface area (Å²) in [6, 6.07) is 11.1. The van der Waals surface area contributed by atoms with Crippen molar-refractivity contribution in [3.8, 4) is 0 Å². The first-order valence-electron chi connectivity index (χ1n) is 26.2. The predicted octanol–water partition coefficient (Wildman–Crippen LogP) is 22.5. The Hall–Kier alpha value is -3.43. The third-order valence-corrected chi connectivity index (χ3v) is 12.6. The van der Waals surface area contributed by atoms with E-state index in [0.717, 1.165) is 5.92 Å². The summed E-state index contributed by atoms with van der Waals surface area (Å²) in [6.45, 7) is 53.5. The number of nitrogens with zero attached hydrogens (tertiary/aromatic N) is 1. The zero-order chi connectivity index (χ0) is 52.4. The van der Waals surface area contributed by atoms with Crippen molar-refractivity contribution < 1.29 is 4.39 Å². The van der Waals surface area contributed by atoms with Crippen molar-refractivity contribution in [3.63, 3.8) is 0 Å². The average Bonchev–Trinajstić information content (AvgIpc) is 3.32. The van der Waals surface area contributed by atoms with Crippen molar-refractivity contribution >= 4 is 11.5 Å². The van der Waals surface area contributed by atoms with E-state index in [-0.39, 0.29) is 0 Å². The average molecular weight is 945 g/mol. The van der Waals surface area contributed by atoms with E-state index in [1.165, 1.54) is 128 Å². The Morgan fingerprint density at radius 1 is 0.791 bits per heavy atom. The second kappa shape index (κ2) is 43.8. The molecule has 3 aliphatic rings. The smallest absolute Gasteiger partial charge is 0.0866 e. The van der Waals surface area contributed by atoms with Gasteiger partial charge in [-0.3, -0.25) is 8.35 Å². The number of halogens is 1. The molecule has 384 valence electrons. The second-order valence-electron chi connectivity index (χ2n) is 19.6. The Balaban J connectivity index is -0.000000364. The minimum Gasteiger partial charge on any atom is -0.293 e. The molecule has 0 aliphatic heterocycles. The molecule has 2 aromatic rings. The maximum Gasteiger partial charge on any atom is 0.0866 e. The molecule has 0 bridgehead atoms. The van der Waals surface area contributed by atoms with Gasteiger partial charge in [-0.25, -0.2) is 0 Å². The van der Waals surface area contributed by atoms with Crippen LogP contribution in [0.25, 0.3) is 0 Å². The molecular weight excluding hydrogens is 834 g/mol. The lowest BCUT2D eigenvalue weighted by atomic mass is 9.79. The normalized spacial score (nSPS) is 15.2. The first kappa shape index (κ1) is 70.1.